The van der Waals surface area contributed by atoms with E-state index in [-0.39, 0.29) is 17.6 Å². The van der Waals surface area contributed by atoms with Crippen LogP contribution in [0.2, 0.25) is 0 Å². The van der Waals surface area contributed by atoms with Gasteiger partial charge in [0.25, 0.3) is 0 Å². The van der Waals surface area contributed by atoms with Crippen LogP contribution in [-0.4, -0.2) is 16.7 Å². The lowest BCUT2D eigenvalue weighted by Crippen LogP contribution is -2.38. The molecule has 2 unspecified atom stereocenters. The third-order valence-corrected chi connectivity index (χ3v) is 3.82. The molecule has 0 fully saturated rings. The maximum atomic E-state index is 15.2. The molecule has 0 radical (unpaired) electrons. The van der Waals surface area contributed by atoms with Crippen LogP contribution >= 0.6 is 0 Å². The Labute approximate surface area is 124 Å². The molecule has 2 nitrogen and oxygen atoms in total. The van der Waals surface area contributed by atoms with Crippen LogP contribution in [0.3, 0.4) is 0 Å². The van der Waals surface area contributed by atoms with Gasteiger partial charge in [0.05, 0.1) is 11.5 Å². The van der Waals surface area contributed by atoms with Crippen molar-refractivity contribution in [1.82, 2.24) is 0 Å². The lowest BCUT2D eigenvalue weighted by atomic mass is 9.76. The van der Waals surface area contributed by atoms with Crippen LogP contribution in [0.5, 0.6) is 0 Å². The van der Waals surface area contributed by atoms with Crippen molar-refractivity contribution in [3.8, 4) is 0 Å². The minimum atomic E-state index is -4.54. The largest absolute Gasteiger partial charge is 0.481 e. The summed E-state index contributed by atoms with van der Waals surface area (Å²) in [5.74, 6) is -2.71. The van der Waals surface area contributed by atoms with Crippen molar-refractivity contribution in [3.63, 3.8) is 0 Å². The first-order valence-corrected chi connectivity index (χ1v) is 6.63. The summed E-state index contributed by atoms with van der Waals surface area (Å²) in [4.78, 5) is 11.1. The first-order valence-electron chi connectivity index (χ1n) is 6.63. The van der Waals surface area contributed by atoms with E-state index in [1.54, 1.807) is 0 Å². The van der Waals surface area contributed by atoms with E-state index in [1.165, 1.54) is 37.3 Å². The van der Waals surface area contributed by atoms with Gasteiger partial charge < -0.3 is 5.11 Å². The number of carbonyl (C=O) groups is 1. The number of benzene rings is 1. The maximum absolute atomic E-state index is 15.2. The highest BCUT2D eigenvalue weighted by Gasteiger charge is 2.44. The second-order valence-electron chi connectivity index (χ2n) is 5.21. The van der Waals surface area contributed by atoms with Gasteiger partial charge in [-0.2, -0.15) is 13.2 Å². The molecule has 1 aromatic carbocycles. The third-order valence-electron chi connectivity index (χ3n) is 3.82. The Balaban J connectivity index is 2.51. The van der Waals surface area contributed by atoms with Crippen molar-refractivity contribution in [2.45, 2.75) is 25.2 Å². The Morgan fingerprint density at radius 2 is 2.05 bits per heavy atom. The van der Waals surface area contributed by atoms with Gasteiger partial charge in [-0.3, -0.25) is 4.79 Å². The van der Waals surface area contributed by atoms with Crippen molar-refractivity contribution in [2.24, 2.45) is 5.92 Å². The van der Waals surface area contributed by atoms with Crippen LogP contribution in [-0.2, 0) is 11.0 Å². The predicted molar refractivity (Wildman–Crippen MR) is 73.8 cm³/mol. The van der Waals surface area contributed by atoms with Crippen molar-refractivity contribution in [3.05, 3.63) is 53.6 Å². The van der Waals surface area contributed by atoms with Gasteiger partial charge in [0.1, 0.15) is 0 Å². The fourth-order valence-electron chi connectivity index (χ4n) is 2.46. The van der Waals surface area contributed by atoms with Crippen LogP contribution in [0.25, 0.3) is 5.57 Å². The van der Waals surface area contributed by atoms with E-state index in [1.807, 2.05) is 0 Å². The summed E-state index contributed by atoms with van der Waals surface area (Å²) in [5, 5.41) is 9.08. The van der Waals surface area contributed by atoms with Crippen LogP contribution in [0, 0.1) is 5.92 Å². The number of carboxylic acid groups (broad SMARTS) is 1. The highest BCUT2D eigenvalue weighted by molar-refractivity contribution is 5.82. The van der Waals surface area contributed by atoms with Gasteiger partial charge in [-0.1, -0.05) is 30.4 Å². The van der Waals surface area contributed by atoms with E-state index in [0.29, 0.717) is 0 Å². The molecule has 0 bridgehead atoms. The van der Waals surface area contributed by atoms with Gasteiger partial charge in [-0.15, -0.1) is 0 Å². The summed E-state index contributed by atoms with van der Waals surface area (Å²) in [5.41, 5.74) is -3.15. The second kappa shape index (κ2) is 5.59. The fourth-order valence-corrected chi connectivity index (χ4v) is 2.46. The highest BCUT2D eigenvalue weighted by atomic mass is 19.4. The molecule has 0 saturated heterocycles. The number of halogens is 4. The molecule has 0 spiro atoms. The quantitative estimate of drug-likeness (QED) is 0.835. The van der Waals surface area contributed by atoms with Gasteiger partial charge in [-0.25, -0.2) is 4.39 Å². The number of aliphatic carboxylic acids is 1. The zero-order chi connectivity index (χ0) is 16.5. The number of rotatable bonds is 3. The SMILES string of the molecule is CC(C(=O)O)C1(F)CC=CC=C1c1cccc(C(F)(F)F)c1. The van der Waals surface area contributed by atoms with Gasteiger partial charge >= 0.3 is 12.1 Å². The normalized spacial score (nSPS) is 23.0. The van der Waals surface area contributed by atoms with Gasteiger partial charge in [0, 0.05) is 6.42 Å². The molecule has 6 heteroatoms. The molecule has 1 N–H and O–H groups in total. The van der Waals surface area contributed by atoms with Crippen molar-refractivity contribution in [1.29, 1.82) is 0 Å². The Bertz CT molecular complexity index is 646. The Hall–Kier alpha value is -2.11. The van der Waals surface area contributed by atoms with Crippen LogP contribution < -0.4 is 0 Å². The van der Waals surface area contributed by atoms with E-state index < -0.39 is 29.3 Å². The van der Waals surface area contributed by atoms with E-state index in [2.05, 4.69) is 0 Å². The smallest absolute Gasteiger partial charge is 0.416 e. The molecule has 22 heavy (non-hydrogen) atoms. The predicted octanol–water partition coefficient (Wildman–Crippen LogP) is 4.48. The molecule has 1 aliphatic carbocycles. The van der Waals surface area contributed by atoms with Gasteiger partial charge in [0.2, 0.25) is 0 Å². The molecule has 118 valence electrons. The van der Waals surface area contributed by atoms with E-state index in [4.69, 9.17) is 5.11 Å². The lowest BCUT2D eigenvalue weighted by molar-refractivity contribution is -0.145. The summed E-state index contributed by atoms with van der Waals surface area (Å²) in [6.45, 7) is 1.21. The van der Waals surface area contributed by atoms with Crippen molar-refractivity contribution < 1.29 is 27.5 Å². The van der Waals surface area contributed by atoms with Crippen LogP contribution in [0.4, 0.5) is 17.6 Å². The summed E-state index contributed by atoms with van der Waals surface area (Å²) in [6, 6.07) is 4.27. The molecule has 0 aliphatic heterocycles. The van der Waals surface area contributed by atoms with Crippen LogP contribution in [0.1, 0.15) is 24.5 Å². The minimum Gasteiger partial charge on any atom is -0.481 e. The van der Waals surface area contributed by atoms with Crippen LogP contribution in [0.15, 0.2) is 42.5 Å². The monoisotopic (exact) mass is 314 g/mol. The number of hydrogen-bond donors (Lipinski definition) is 1. The Morgan fingerprint density at radius 3 is 2.64 bits per heavy atom. The zero-order valence-electron chi connectivity index (χ0n) is 11.7. The summed E-state index contributed by atoms with van der Waals surface area (Å²) in [6.07, 6.45) is -0.419. The first kappa shape index (κ1) is 16.3. The van der Waals surface area contributed by atoms with Gasteiger partial charge in [0.15, 0.2) is 5.67 Å². The molecule has 0 saturated carbocycles. The van der Waals surface area contributed by atoms with Crippen molar-refractivity contribution in [2.75, 3.05) is 0 Å². The number of hydrogen-bond acceptors (Lipinski definition) is 1. The summed E-state index contributed by atoms with van der Waals surface area (Å²) < 4.78 is 53.6. The van der Waals surface area contributed by atoms with E-state index in [0.717, 1.165) is 12.1 Å². The van der Waals surface area contributed by atoms with E-state index >= 15 is 4.39 Å². The fraction of sp³-hybridized carbons (Fsp3) is 0.312. The molecule has 2 rings (SSSR count). The molecular formula is C16H14F4O2. The Kier molecular flexibility index (Phi) is 4.13. The number of allylic oxidation sites excluding steroid dienone is 4. The molecule has 2 atom stereocenters. The van der Waals surface area contributed by atoms with Crippen molar-refractivity contribution >= 4 is 11.5 Å². The molecule has 0 amide bonds. The van der Waals surface area contributed by atoms with Gasteiger partial charge in [-0.05, 0) is 30.2 Å². The molecular weight excluding hydrogens is 300 g/mol. The molecule has 1 aromatic rings. The molecule has 0 heterocycles. The summed E-state index contributed by atoms with van der Waals surface area (Å²) in [7, 11) is 0. The molecule has 1 aliphatic rings. The zero-order valence-corrected chi connectivity index (χ0v) is 11.7. The number of alkyl halides is 4. The second-order valence-corrected chi connectivity index (χ2v) is 5.21. The summed E-state index contributed by atoms with van der Waals surface area (Å²) >= 11 is 0. The highest BCUT2D eigenvalue weighted by Crippen LogP contribution is 2.43. The topological polar surface area (TPSA) is 37.3 Å². The average molecular weight is 314 g/mol. The molecule has 0 aromatic heterocycles. The number of carboxylic acids is 1. The lowest BCUT2D eigenvalue weighted by Gasteiger charge is -2.33. The minimum absolute atomic E-state index is 0.0368. The third kappa shape index (κ3) is 2.91. The maximum Gasteiger partial charge on any atom is 0.416 e. The van der Waals surface area contributed by atoms with E-state index in [9.17, 15) is 18.0 Å². The Morgan fingerprint density at radius 1 is 1.36 bits per heavy atom. The average Bonchev–Trinajstić information content (AvgIpc) is 2.46. The standard InChI is InChI=1S/C16H14F4O2/c1-10(14(21)22)15(17)8-3-2-7-13(15)11-5-4-6-12(9-11)16(18,19)20/h2-7,9-10H,8H2,1H3,(H,21,22). The first-order chi connectivity index (χ1) is 10.2.